The standard InChI is InChI=1S/C12H14N2O3S2/c1-17-9-4-2-3-8(5-9)14-11-7-19(15,16)6-10(11)13-12(14)18/h2-5,10-11H,6-7H2,1H3,(H,13,18)/t10-,11+/m1/s1. The number of methoxy groups -OCH3 is 1. The van der Waals surface area contributed by atoms with E-state index in [0.717, 1.165) is 11.4 Å². The third-order valence-electron chi connectivity index (χ3n) is 3.51. The van der Waals surface area contributed by atoms with E-state index in [2.05, 4.69) is 5.32 Å². The van der Waals surface area contributed by atoms with E-state index in [1.165, 1.54) is 0 Å². The molecule has 2 saturated heterocycles. The maximum absolute atomic E-state index is 11.7. The Kier molecular flexibility index (Phi) is 2.90. The summed E-state index contributed by atoms with van der Waals surface area (Å²) in [6, 6.07) is 7.26. The Labute approximate surface area is 117 Å². The summed E-state index contributed by atoms with van der Waals surface area (Å²) in [5.41, 5.74) is 0.862. The summed E-state index contributed by atoms with van der Waals surface area (Å²) in [6.45, 7) is 0. The lowest BCUT2D eigenvalue weighted by Crippen LogP contribution is -2.36. The molecule has 0 aromatic heterocycles. The molecule has 5 nitrogen and oxygen atoms in total. The second kappa shape index (κ2) is 4.35. The molecule has 0 spiro atoms. The van der Waals surface area contributed by atoms with Gasteiger partial charge in [-0.3, -0.25) is 0 Å². The molecule has 2 aliphatic heterocycles. The number of hydrogen-bond donors (Lipinski definition) is 1. The van der Waals surface area contributed by atoms with Crippen molar-refractivity contribution in [3.63, 3.8) is 0 Å². The van der Waals surface area contributed by atoms with E-state index in [-0.39, 0.29) is 23.6 Å². The Bertz CT molecular complexity index is 630. The SMILES string of the molecule is COc1cccc(N2C(=S)N[C@@H]3CS(=O)(=O)C[C@@H]32)c1. The van der Waals surface area contributed by atoms with Crippen molar-refractivity contribution in [2.45, 2.75) is 12.1 Å². The summed E-state index contributed by atoms with van der Waals surface area (Å²) in [5, 5.41) is 3.68. The van der Waals surface area contributed by atoms with Gasteiger partial charge in [-0.25, -0.2) is 8.42 Å². The molecule has 1 N–H and O–H groups in total. The highest BCUT2D eigenvalue weighted by atomic mass is 32.2. The summed E-state index contributed by atoms with van der Waals surface area (Å²) in [4.78, 5) is 1.88. The van der Waals surface area contributed by atoms with Gasteiger partial charge in [0.25, 0.3) is 0 Å². The molecule has 3 rings (SSSR count). The first kappa shape index (κ1) is 12.7. The van der Waals surface area contributed by atoms with Gasteiger partial charge in [0, 0.05) is 11.8 Å². The minimum Gasteiger partial charge on any atom is -0.497 e. The average Bonchev–Trinajstić information content (AvgIpc) is 2.79. The lowest BCUT2D eigenvalue weighted by atomic mass is 10.1. The predicted molar refractivity (Wildman–Crippen MR) is 77.4 cm³/mol. The van der Waals surface area contributed by atoms with Crippen molar-refractivity contribution in [3.8, 4) is 5.75 Å². The Morgan fingerprint density at radius 2 is 2.21 bits per heavy atom. The summed E-state index contributed by atoms with van der Waals surface area (Å²) < 4.78 is 28.6. The topological polar surface area (TPSA) is 58.6 Å². The summed E-state index contributed by atoms with van der Waals surface area (Å²) >= 11 is 5.31. The number of fused-ring (bicyclic) bond motifs is 1. The number of thiocarbonyl (C=S) groups is 1. The van der Waals surface area contributed by atoms with Crippen molar-refractivity contribution in [2.75, 3.05) is 23.5 Å². The third kappa shape index (κ3) is 2.17. The van der Waals surface area contributed by atoms with Crippen molar-refractivity contribution < 1.29 is 13.2 Å². The zero-order chi connectivity index (χ0) is 13.6. The molecule has 19 heavy (non-hydrogen) atoms. The van der Waals surface area contributed by atoms with E-state index in [1.54, 1.807) is 7.11 Å². The third-order valence-corrected chi connectivity index (χ3v) is 5.54. The molecule has 2 heterocycles. The van der Waals surface area contributed by atoms with Gasteiger partial charge < -0.3 is 15.0 Å². The number of hydrogen-bond acceptors (Lipinski definition) is 4. The first-order valence-corrected chi connectivity index (χ1v) is 8.17. The first-order chi connectivity index (χ1) is 9.00. The van der Waals surface area contributed by atoms with Crippen LogP contribution < -0.4 is 15.0 Å². The lowest BCUT2D eigenvalue weighted by Gasteiger charge is -2.23. The van der Waals surface area contributed by atoms with Crippen LogP contribution in [0.5, 0.6) is 5.75 Å². The number of ether oxygens (including phenoxy) is 1. The fourth-order valence-corrected chi connectivity index (χ4v) is 4.95. The maximum atomic E-state index is 11.7. The van der Waals surface area contributed by atoms with Crippen LogP contribution in [-0.2, 0) is 9.84 Å². The van der Waals surface area contributed by atoms with Crippen LogP contribution in [0.15, 0.2) is 24.3 Å². The van der Waals surface area contributed by atoms with Crippen LogP contribution in [0.1, 0.15) is 0 Å². The molecule has 2 aliphatic rings. The van der Waals surface area contributed by atoms with E-state index in [1.807, 2.05) is 29.2 Å². The molecule has 7 heteroatoms. The summed E-state index contributed by atoms with van der Waals surface area (Å²) in [7, 11) is -1.38. The minimum atomic E-state index is -2.98. The van der Waals surface area contributed by atoms with E-state index >= 15 is 0 Å². The molecular weight excluding hydrogens is 284 g/mol. The van der Waals surface area contributed by atoms with Gasteiger partial charge in [-0.2, -0.15) is 0 Å². The van der Waals surface area contributed by atoms with Crippen LogP contribution in [0, 0.1) is 0 Å². The van der Waals surface area contributed by atoms with Gasteiger partial charge >= 0.3 is 0 Å². The highest BCUT2D eigenvalue weighted by molar-refractivity contribution is 7.91. The molecule has 1 aromatic rings. The fraction of sp³-hybridized carbons (Fsp3) is 0.417. The van der Waals surface area contributed by atoms with Gasteiger partial charge in [0.05, 0.1) is 30.7 Å². The van der Waals surface area contributed by atoms with Gasteiger partial charge in [-0.1, -0.05) is 6.07 Å². The highest BCUT2D eigenvalue weighted by Gasteiger charge is 2.47. The average molecular weight is 298 g/mol. The molecule has 102 valence electrons. The van der Waals surface area contributed by atoms with Crippen LogP contribution in [-0.4, -0.2) is 44.2 Å². The van der Waals surface area contributed by atoms with E-state index in [9.17, 15) is 8.42 Å². The van der Waals surface area contributed by atoms with Crippen LogP contribution >= 0.6 is 12.2 Å². The van der Waals surface area contributed by atoms with Crippen LogP contribution in [0.25, 0.3) is 0 Å². The molecule has 0 aliphatic carbocycles. The highest BCUT2D eigenvalue weighted by Crippen LogP contribution is 2.31. The predicted octanol–water partition coefficient (Wildman–Crippen LogP) is 0.555. The van der Waals surface area contributed by atoms with Crippen molar-refractivity contribution in [2.24, 2.45) is 0 Å². The van der Waals surface area contributed by atoms with Gasteiger partial charge in [0.15, 0.2) is 14.9 Å². The normalized spacial score (nSPS) is 28.1. The lowest BCUT2D eigenvalue weighted by molar-refractivity contribution is 0.415. The number of benzene rings is 1. The van der Waals surface area contributed by atoms with Gasteiger partial charge in [-0.15, -0.1) is 0 Å². The first-order valence-electron chi connectivity index (χ1n) is 5.94. The summed E-state index contributed by atoms with van der Waals surface area (Å²) in [5.74, 6) is 1.02. The van der Waals surface area contributed by atoms with Crippen molar-refractivity contribution in [1.29, 1.82) is 0 Å². The largest absolute Gasteiger partial charge is 0.497 e. The number of nitrogens with zero attached hydrogens (tertiary/aromatic N) is 1. The van der Waals surface area contributed by atoms with Crippen LogP contribution in [0.3, 0.4) is 0 Å². The van der Waals surface area contributed by atoms with E-state index < -0.39 is 9.84 Å². The molecule has 2 atom stereocenters. The van der Waals surface area contributed by atoms with Crippen molar-refractivity contribution in [3.05, 3.63) is 24.3 Å². The van der Waals surface area contributed by atoms with Gasteiger partial charge in [0.2, 0.25) is 0 Å². The monoisotopic (exact) mass is 298 g/mol. The van der Waals surface area contributed by atoms with Crippen molar-refractivity contribution in [1.82, 2.24) is 5.32 Å². The molecule has 0 amide bonds. The molecule has 0 bridgehead atoms. The molecule has 0 radical (unpaired) electrons. The minimum absolute atomic E-state index is 0.108. The number of sulfone groups is 1. The molecule has 0 unspecified atom stereocenters. The fourth-order valence-electron chi connectivity index (χ4n) is 2.67. The second-order valence-electron chi connectivity index (χ2n) is 4.77. The Balaban J connectivity index is 1.97. The molecule has 2 fully saturated rings. The van der Waals surface area contributed by atoms with E-state index in [0.29, 0.717) is 5.11 Å². The number of anilines is 1. The van der Waals surface area contributed by atoms with E-state index in [4.69, 9.17) is 17.0 Å². The maximum Gasteiger partial charge on any atom is 0.174 e. The zero-order valence-corrected chi connectivity index (χ0v) is 12.0. The van der Waals surface area contributed by atoms with Gasteiger partial charge in [0.1, 0.15) is 5.75 Å². The second-order valence-corrected chi connectivity index (χ2v) is 7.31. The number of rotatable bonds is 2. The molecule has 1 aromatic carbocycles. The Hall–Kier alpha value is -1.34. The van der Waals surface area contributed by atoms with Crippen LogP contribution in [0.4, 0.5) is 5.69 Å². The Morgan fingerprint density at radius 3 is 2.95 bits per heavy atom. The smallest absolute Gasteiger partial charge is 0.174 e. The molecular formula is C12H14N2O3S2. The Morgan fingerprint density at radius 1 is 1.42 bits per heavy atom. The number of nitrogens with one attached hydrogen (secondary N) is 1. The summed E-state index contributed by atoms with van der Waals surface area (Å²) in [6.07, 6.45) is 0. The zero-order valence-electron chi connectivity index (χ0n) is 10.4. The quantitative estimate of drug-likeness (QED) is 0.805. The van der Waals surface area contributed by atoms with Crippen LogP contribution in [0.2, 0.25) is 0 Å². The molecule has 0 saturated carbocycles. The van der Waals surface area contributed by atoms with Crippen molar-refractivity contribution >= 4 is 32.9 Å². The van der Waals surface area contributed by atoms with Gasteiger partial charge in [-0.05, 0) is 24.4 Å².